The van der Waals surface area contributed by atoms with Gasteiger partial charge in [-0.3, -0.25) is 4.79 Å². The fourth-order valence-electron chi connectivity index (χ4n) is 2.35. The van der Waals surface area contributed by atoms with E-state index in [9.17, 15) is 4.79 Å². The Morgan fingerprint density at radius 3 is 3.05 bits per heavy atom. The number of amides is 1. The quantitative estimate of drug-likeness (QED) is 0.808. The van der Waals surface area contributed by atoms with Crippen LogP contribution in [0.3, 0.4) is 0 Å². The predicted octanol–water partition coefficient (Wildman–Crippen LogP) is 2.82. The van der Waals surface area contributed by atoms with E-state index in [1.165, 1.54) is 16.7 Å². The van der Waals surface area contributed by atoms with E-state index in [2.05, 4.69) is 23.2 Å². The highest BCUT2D eigenvalue weighted by atomic mass is 32.2. The maximum absolute atomic E-state index is 12.7. The molecular weight excluding hydrogens is 316 g/mol. The molecule has 1 aromatic heterocycles. The van der Waals surface area contributed by atoms with Gasteiger partial charge in [-0.1, -0.05) is 30.8 Å². The molecule has 0 radical (unpaired) electrons. The van der Waals surface area contributed by atoms with Crippen molar-refractivity contribution in [2.45, 2.75) is 28.6 Å². The van der Waals surface area contributed by atoms with Crippen molar-refractivity contribution in [3.8, 4) is 0 Å². The third-order valence-electron chi connectivity index (χ3n) is 3.54. The van der Waals surface area contributed by atoms with Crippen molar-refractivity contribution in [2.75, 3.05) is 17.2 Å². The molecule has 0 bridgehead atoms. The zero-order valence-electron chi connectivity index (χ0n) is 12.6. The second kappa shape index (κ2) is 6.75. The van der Waals surface area contributed by atoms with Gasteiger partial charge in [0.15, 0.2) is 5.16 Å². The SMILES string of the molecule is CC1CCN(C(=O)CSc2nncn2C)c2ccccc2S1. The number of hydrogen-bond acceptors (Lipinski definition) is 5. The van der Waals surface area contributed by atoms with Gasteiger partial charge in [-0.2, -0.15) is 0 Å². The molecule has 7 heteroatoms. The molecule has 3 rings (SSSR count). The molecule has 22 heavy (non-hydrogen) atoms. The van der Waals surface area contributed by atoms with Crippen molar-refractivity contribution in [1.82, 2.24) is 14.8 Å². The first-order valence-corrected chi connectivity index (χ1v) is 9.04. The van der Waals surface area contributed by atoms with E-state index in [0.29, 0.717) is 11.0 Å². The number of carbonyl (C=O) groups is 1. The summed E-state index contributed by atoms with van der Waals surface area (Å²) in [6.45, 7) is 2.98. The van der Waals surface area contributed by atoms with Crippen molar-refractivity contribution in [1.29, 1.82) is 0 Å². The third kappa shape index (κ3) is 3.30. The van der Waals surface area contributed by atoms with Crippen LogP contribution in [-0.2, 0) is 11.8 Å². The van der Waals surface area contributed by atoms with Gasteiger partial charge in [0.2, 0.25) is 5.91 Å². The number of hydrogen-bond donors (Lipinski definition) is 0. The summed E-state index contributed by atoms with van der Waals surface area (Å²) >= 11 is 3.27. The second-order valence-corrected chi connectivity index (χ2v) is 7.67. The van der Waals surface area contributed by atoms with Gasteiger partial charge in [-0.05, 0) is 18.6 Å². The summed E-state index contributed by atoms with van der Waals surface area (Å²) < 4.78 is 1.83. The third-order valence-corrected chi connectivity index (χ3v) is 5.80. The molecule has 0 saturated heterocycles. The van der Waals surface area contributed by atoms with Gasteiger partial charge in [-0.15, -0.1) is 22.0 Å². The van der Waals surface area contributed by atoms with Crippen LogP contribution in [0.4, 0.5) is 5.69 Å². The van der Waals surface area contributed by atoms with Gasteiger partial charge < -0.3 is 9.47 Å². The molecule has 1 unspecified atom stereocenters. The number of anilines is 1. The Bertz CT molecular complexity index is 673. The first kappa shape index (κ1) is 15.4. The number of aryl methyl sites for hydroxylation is 1. The number of benzene rings is 1. The highest BCUT2D eigenvalue weighted by Gasteiger charge is 2.24. The van der Waals surface area contributed by atoms with E-state index >= 15 is 0 Å². The van der Waals surface area contributed by atoms with Crippen LogP contribution in [0, 0.1) is 0 Å². The van der Waals surface area contributed by atoms with E-state index < -0.39 is 0 Å². The number of aromatic nitrogens is 3. The van der Waals surface area contributed by atoms with E-state index in [-0.39, 0.29) is 5.91 Å². The molecule has 1 aromatic carbocycles. The van der Waals surface area contributed by atoms with Crippen LogP contribution < -0.4 is 4.90 Å². The topological polar surface area (TPSA) is 51.0 Å². The van der Waals surface area contributed by atoms with Gasteiger partial charge in [0.1, 0.15) is 6.33 Å². The number of fused-ring (bicyclic) bond motifs is 1. The smallest absolute Gasteiger partial charge is 0.237 e. The molecular formula is C15H18N4OS2. The highest BCUT2D eigenvalue weighted by Crippen LogP contribution is 2.37. The number of carbonyl (C=O) groups excluding carboxylic acids is 1. The summed E-state index contributed by atoms with van der Waals surface area (Å²) in [5.41, 5.74) is 1.03. The maximum Gasteiger partial charge on any atom is 0.237 e. The van der Waals surface area contributed by atoms with Gasteiger partial charge in [-0.25, -0.2) is 0 Å². The summed E-state index contributed by atoms with van der Waals surface area (Å²) in [6.07, 6.45) is 2.64. The van der Waals surface area contributed by atoms with Crippen molar-refractivity contribution >= 4 is 35.1 Å². The molecule has 5 nitrogen and oxygen atoms in total. The van der Waals surface area contributed by atoms with Crippen molar-refractivity contribution in [3.63, 3.8) is 0 Å². The Morgan fingerprint density at radius 1 is 1.45 bits per heavy atom. The van der Waals surface area contributed by atoms with Crippen LogP contribution in [0.2, 0.25) is 0 Å². The van der Waals surface area contributed by atoms with E-state index in [1.807, 2.05) is 46.5 Å². The van der Waals surface area contributed by atoms with Gasteiger partial charge in [0, 0.05) is 23.7 Å². The summed E-state index contributed by atoms with van der Waals surface area (Å²) in [4.78, 5) is 15.8. The van der Waals surface area contributed by atoms with Gasteiger partial charge in [0.05, 0.1) is 11.4 Å². The zero-order valence-corrected chi connectivity index (χ0v) is 14.2. The first-order valence-electron chi connectivity index (χ1n) is 7.18. The van der Waals surface area contributed by atoms with Crippen LogP contribution in [0.1, 0.15) is 13.3 Å². The second-order valence-electron chi connectivity index (χ2n) is 5.24. The predicted molar refractivity (Wildman–Crippen MR) is 90.5 cm³/mol. The minimum absolute atomic E-state index is 0.121. The molecule has 0 aliphatic carbocycles. The molecule has 1 aliphatic heterocycles. The standard InChI is InChI=1S/C15H18N4OS2/c1-11-7-8-19(12-5-3-4-6-13(12)22-11)14(20)9-21-15-17-16-10-18(15)2/h3-6,10-11H,7-9H2,1-2H3. The Hall–Kier alpha value is -1.47. The van der Waals surface area contributed by atoms with Crippen molar-refractivity contribution in [2.24, 2.45) is 7.05 Å². The Kier molecular flexibility index (Phi) is 4.73. The number of para-hydroxylation sites is 1. The molecule has 2 heterocycles. The molecule has 0 saturated carbocycles. The zero-order chi connectivity index (χ0) is 15.5. The molecule has 1 atom stereocenters. The van der Waals surface area contributed by atoms with Gasteiger partial charge >= 0.3 is 0 Å². The summed E-state index contributed by atoms with van der Waals surface area (Å²) in [7, 11) is 1.88. The van der Waals surface area contributed by atoms with Crippen LogP contribution in [-0.4, -0.2) is 38.2 Å². The molecule has 0 fully saturated rings. The number of nitrogens with zero attached hydrogens (tertiary/aromatic N) is 4. The lowest BCUT2D eigenvalue weighted by atomic mass is 10.2. The fraction of sp³-hybridized carbons (Fsp3) is 0.400. The largest absolute Gasteiger partial charge is 0.312 e. The van der Waals surface area contributed by atoms with E-state index in [4.69, 9.17) is 0 Å². The Balaban J connectivity index is 1.75. The monoisotopic (exact) mass is 334 g/mol. The molecule has 116 valence electrons. The highest BCUT2D eigenvalue weighted by molar-refractivity contribution is 8.00. The first-order chi connectivity index (χ1) is 10.6. The minimum atomic E-state index is 0.121. The summed E-state index contributed by atoms with van der Waals surface area (Å²) in [5.74, 6) is 0.495. The maximum atomic E-state index is 12.7. The molecule has 1 aliphatic rings. The van der Waals surface area contributed by atoms with Gasteiger partial charge in [0.25, 0.3) is 0 Å². The number of thioether (sulfide) groups is 2. The molecule has 1 amide bonds. The lowest BCUT2D eigenvalue weighted by molar-refractivity contribution is -0.116. The number of rotatable bonds is 3. The van der Waals surface area contributed by atoms with Crippen LogP contribution in [0.15, 0.2) is 40.6 Å². The molecule has 2 aromatic rings. The lowest BCUT2D eigenvalue weighted by Crippen LogP contribution is -2.33. The van der Waals surface area contributed by atoms with Crippen LogP contribution in [0.25, 0.3) is 0 Å². The van der Waals surface area contributed by atoms with Crippen molar-refractivity contribution < 1.29 is 4.79 Å². The average molecular weight is 334 g/mol. The molecule has 0 spiro atoms. The summed E-state index contributed by atoms with van der Waals surface area (Å²) in [5, 5.41) is 9.13. The van der Waals surface area contributed by atoms with E-state index in [1.54, 1.807) is 6.33 Å². The van der Waals surface area contributed by atoms with Crippen molar-refractivity contribution in [3.05, 3.63) is 30.6 Å². The average Bonchev–Trinajstić information content (AvgIpc) is 2.83. The Morgan fingerprint density at radius 2 is 2.27 bits per heavy atom. The van der Waals surface area contributed by atoms with E-state index in [0.717, 1.165) is 23.8 Å². The lowest BCUT2D eigenvalue weighted by Gasteiger charge is -2.22. The normalized spacial score (nSPS) is 17.9. The fourth-order valence-corrected chi connectivity index (χ4v) is 4.23. The molecule has 0 N–H and O–H groups in total. The van der Waals surface area contributed by atoms with Crippen LogP contribution >= 0.6 is 23.5 Å². The van der Waals surface area contributed by atoms with Crippen LogP contribution in [0.5, 0.6) is 0 Å². The Labute approximate surface area is 138 Å². The summed E-state index contributed by atoms with van der Waals surface area (Å²) in [6, 6.07) is 8.15. The minimum Gasteiger partial charge on any atom is -0.312 e.